The molecule has 6 rings (SSSR count). The van der Waals surface area contributed by atoms with Gasteiger partial charge in [-0.1, -0.05) is 78.9 Å². The van der Waals surface area contributed by atoms with E-state index in [9.17, 15) is 0 Å². The molecule has 4 heteroatoms. The highest BCUT2D eigenvalue weighted by molar-refractivity contribution is 5.90. The third kappa shape index (κ3) is 5.00. The van der Waals surface area contributed by atoms with Crippen LogP contribution in [0.15, 0.2) is 144 Å². The maximum atomic E-state index is 5.86. The van der Waals surface area contributed by atoms with Crippen LogP contribution in [0.2, 0.25) is 0 Å². The molecule has 0 fully saturated rings. The van der Waals surface area contributed by atoms with Gasteiger partial charge in [0.2, 0.25) is 5.89 Å². The van der Waals surface area contributed by atoms with E-state index in [0.29, 0.717) is 5.89 Å². The molecule has 6 aromatic rings. The first kappa shape index (κ1) is 22.4. The summed E-state index contributed by atoms with van der Waals surface area (Å²) in [5.41, 5.74) is 6.03. The zero-order chi connectivity index (χ0) is 24.9. The first-order chi connectivity index (χ1) is 18.3. The molecule has 0 bridgehead atoms. The van der Waals surface area contributed by atoms with Crippen LogP contribution >= 0.6 is 0 Å². The molecule has 0 radical (unpaired) electrons. The lowest BCUT2D eigenvalue weighted by molar-refractivity contribution is 0.553. The van der Waals surface area contributed by atoms with Gasteiger partial charge in [0.05, 0.1) is 12.0 Å². The highest BCUT2D eigenvalue weighted by Crippen LogP contribution is 2.28. The van der Waals surface area contributed by atoms with Gasteiger partial charge in [-0.25, -0.2) is 15.0 Å². The largest absolute Gasteiger partial charge is 0.446 e. The van der Waals surface area contributed by atoms with Crippen LogP contribution in [0.25, 0.3) is 56.0 Å². The molecule has 0 amide bonds. The predicted molar refractivity (Wildman–Crippen MR) is 149 cm³/mol. The van der Waals surface area contributed by atoms with Gasteiger partial charge in [-0.3, -0.25) is 0 Å². The number of nitrogens with zero attached hydrogens (tertiary/aromatic N) is 3. The van der Waals surface area contributed by atoms with Gasteiger partial charge >= 0.3 is 0 Å². The summed E-state index contributed by atoms with van der Waals surface area (Å²) in [6, 6.07) is 40.7. The van der Waals surface area contributed by atoms with Crippen LogP contribution in [0.1, 0.15) is 0 Å². The zero-order valence-electron chi connectivity index (χ0n) is 20.0. The summed E-state index contributed by atoms with van der Waals surface area (Å²) >= 11 is 0. The average Bonchev–Trinajstić information content (AvgIpc) is 3.10. The van der Waals surface area contributed by atoms with Gasteiger partial charge < -0.3 is 4.42 Å². The molecule has 0 spiro atoms. The van der Waals surface area contributed by atoms with Crippen molar-refractivity contribution in [2.75, 3.05) is 0 Å². The Bertz CT molecular complexity index is 1730. The van der Waals surface area contributed by atoms with E-state index in [0.717, 1.165) is 50.1 Å². The number of aromatic nitrogens is 3. The van der Waals surface area contributed by atoms with Crippen LogP contribution in [0.3, 0.4) is 0 Å². The third-order valence-electron chi connectivity index (χ3n) is 6.16. The lowest BCUT2D eigenvalue weighted by Crippen LogP contribution is -1.91. The summed E-state index contributed by atoms with van der Waals surface area (Å²) in [6.45, 7) is 0. The minimum absolute atomic E-state index is 0.564. The van der Waals surface area contributed by atoms with Gasteiger partial charge in [0, 0.05) is 29.1 Å². The summed E-state index contributed by atoms with van der Waals surface area (Å²) in [5, 5.41) is 2.30. The van der Waals surface area contributed by atoms with Crippen molar-refractivity contribution in [1.82, 2.24) is 15.0 Å². The van der Waals surface area contributed by atoms with Crippen molar-refractivity contribution in [3.8, 4) is 45.2 Å². The molecule has 0 aliphatic rings. The monoisotopic (exact) mass is 477 g/mol. The molecular formula is C33H23N3O. The van der Waals surface area contributed by atoms with Crippen LogP contribution in [0.4, 0.5) is 0 Å². The van der Waals surface area contributed by atoms with Crippen molar-refractivity contribution in [3.05, 3.63) is 140 Å². The normalized spacial score (nSPS) is 10.7. The minimum Gasteiger partial charge on any atom is -0.446 e. The van der Waals surface area contributed by atoms with Gasteiger partial charge in [-0.15, -0.1) is 0 Å². The van der Waals surface area contributed by atoms with E-state index in [-0.39, 0.29) is 0 Å². The number of fused-ring (bicyclic) bond motifs is 1. The highest BCUT2D eigenvalue weighted by atomic mass is 16.3. The fourth-order valence-electron chi connectivity index (χ4n) is 4.26. The molecular weight excluding hydrogens is 454 g/mol. The Hall–Kier alpha value is -5.09. The standard InChI is InChI=1S/C33H23N3O/c1-3-8-25(9-4-1)32-34-20-17-31(36-32)30-16-15-28-22-27(13-14-29(28)23-30)24-12-7-19-35-33(37-21-18-24)26-10-5-2-6-11-26/h1-23H. The highest BCUT2D eigenvalue weighted by Gasteiger charge is 2.07. The van der Waals surface area contributed by atoms with Gasteiger partial charge in [0.15, 0.2) is 5.82 Å². The van der Waals surface area contributed by atoms with E-state index in [1.807, 2.05) is 91.1 Å². The molecule has 37 heavy (non-hydrogen) atoms. The quantitative estimate of drug-likeness (QED) is 0.256. The number of benzene rings is 4. The predicted octanol–water partition coefficient (Wildman–Crippen LogP) is 8.41. The second kappa shape index (κ2) is 10.3. The van der Waals surface area contributed by atoms with Crippen molar-refractivity contribution in [3.63, 3.8) is 0 Å². The molecule has 0 unspecified atom stereocenters. The molecule has 0 atom stereocenters. The van der Waals surface area contributed by atoms with Crippen molar-refractivity contribution < 1.29 is 4.42 Å². The summed E-state index contributed by atoms with van der Waals surface area (Å²) in [6.07, 6.45) is 5.27. The molecule has 4 aromatic carbocycles. The molecule has 0 N–H and O–H groups in total. The lowest BCUT2D eigenvalue weighted by atomic mass is 10.00. The van der Waals surface area contributed by atoms with E-state index in [1.54, 1.807) is 12.5 Å². The van der Waals surface area contributed by atoms with Gasteiger partial charge in [0.25, 0.3) is 0 Å². The van der Waals surface area contributed by atoms with E-state index in [2.05, 4.69) is 46.4 Å². The number of rotatable bonds is 4. The summed E-state index contributed by atoms with van der Waals surface area (Å²) < 4.78 is 5.86. The van der Waals surface area contributed by atoms with Crippen LogP contribution in [-0.4, -0.2) is 15.0 Å². The Kier molecular flexibility index (Phi) is 6.21. The Morgan fingerprint density at radius 2 is 1.14 bits per heavy atom. The zero-order valence-corrected chi connectivity index (χ0v) is 20.0. The molecule has 0 aliphatic carbocycles. The summed E-state index contributed by atoms with van der Waals surface area (Å²) in [5.74, 6) is 1.29. The third-order valence-corrected chi connectivity index (χ3v) is 6.16. The maximum absolute atomic E-state index is 5.86. The Morgan fingerprint density at radius 3 is 1.92 bits per heavy atom. The smallest absolute Gasteiger partial charge is 0.225 e. The first-order valence-corrected chi connectivity index (χ1v) is 12.1. The van der Waals surface area contributed by atoms with Crippen LogP contribution in [0.5, 0.6) is 0 Å². The van der Waals surface area contributed by atoms with E-state index in [1.165, 1.54) is 0 Å². The van der Waals surface area contributed by atoms with Crippen molar-refractivity contribution in [2.45, 2.75) is 0 Å². The lowest BCUT2D eigenvalue weighted by Gasteiger charge is -2.07. The molecule has 0 aliphatic heterocycles. The summed E-state index contributed by atoms with van der Waals surface area (Å²) in [4.78, 5) is 13.7. The van der Waals surface area contributed by atoms with Crippen LogP contribution in [0, 0.1) is 0 Å². The maximum Gasteiger partial charge on any atom is 0.225 e. The van der Waals surface area contributed by atoms with Crippen molar-refractivity contribution in [2.24, 2.45) is 0 Å². The summed E-state index contributed by atoms with van der Waals surface area (Å²) in [7, 11) is 0. The van der Waals surface area contributed by atoms with Crippen LogP contribution < -0.4 is 0 Å². The molecule has 4 nitrogen and oxygen atoms in total. The molecule has 2 heterocycles. The van der Waals surface area contributed by atoms with Gasteiger partial charge in [-0.05, 0) is 64.4 Å². The van der Waals surface area contributed by atoms with Crippen molar-refractivity contribution >= 4 is 10.8 Å². The SMILES string of the molecule is c1ccc(-c2nccc(-c3ccc4cc(-c5cccnc(-c6ccccc6)occ5)ccc4c3)n2)cc1. The Balaban J connectivity index is 1.32. The molecule has 176 valence electrons. The fourth-order valence-corrected chi connectivity index (χ4v) is 4.26. The van der Waals surface area contributed by atoms with Gasteiger partial charge in [-0.2, -0.15) is 0 Å². The average molecular weight is 478 g/mol. The van der Waals surface area contributed by atoms with Crippen molar-refractivity contribution in [1.29, 1.82) is 0 Å². The number of hydrogen-bond acceptors (Lipinski definition) is 4. The van der Waals surface area contributed by atoms with Gasteiger partial charge in [0.1, 0.15) is 0 Å². The minimum atomic E-state index is 0.564. The fraction of sp³-hybridized carbons (Fsp3) is 0. The number of hydrogen-bond donors (Lipinski definition) is 0. The molecule has 0 saturated carbocycles. The topological polar surface area (TPSA) is 51.8 Å². The second-order valence-electron chi connectivity index (χ2n) is 8.59. The second-order valence-corrected chi connectivity index (χ2v) is 8.59. The molecule has 0 saturated heterocycles. The van der Waals surface area contributed by atoms with E-state index >= 15 is 0 Å². The Labute approximate surface area is 215 Å². The first-order valence-electron chi connectivity index (χ1n) is 12.1. The molecule has 2 aromatic heterocycles. The van der Waals surface area contributed by atoms with E-state index < -0.39 is 0 Å². The van der Waals surface area contributed by atoms with E-state index in [4.69, 9.17) is 9.40 Å². The van der Waals surface area contributed by atoms with Crippen LogP contribution in [-0.2, 0) is 0 Å². The Morgan fingerprint density at radius 1 is 0.459 bits per heavy atom.